The Hall–Kier alpha value is -1.57. The largest absolute Gasteiger partial charge is 0.492 e. The maximum absolute atomic E-state index is 13.3. The first-order valence-corrected chi connectivity index (χ1v) is 7.02. The van der Waals surface area contributed by atoms with Crippen LogP contribution in [0.2, 0.25) is 0 Å². The summed E-state index contributed by atoms with van der Waals surface area (Å²) in [5.41, 5.74) is 6.02. The number of rotatable bonds is 5. The highest BCUT2D eigenvalue weighted by atomic mass is 19.1. The van der Waals surface area contributed by atoms with E-state index in [2.05, 4.69) is 11.8 Å². The number of hydrogen-bond acceptors (Lipinski definition) is 3. The van der Waals surface area contributed by atoms with E-state index in [1.54, 1.807) is 6.07 Å². The third kappa shape index (κ3) is 4.52. The van der Waals surface area contributed by atoms with Gasteiger partial charge in [-0.2, -0.15) is 0 Å². The molecule has 1 aliphatic heterocycles. The van der Waals surface area contributed by atoms with Crippen molar-refractivity contribution in [2.24, 2.45) is 5.73 Å². The molecule has 0 bridgehead atoms. The van der Waals surface area contributed by atoms with Gasteiger partial charge in [0.25, 0.3) is 0 Å². The predicted molar refractivity (Wildman–Crippen MR) is 76.0 cm³/mol. The van der Waals surface area contributed by atoms with Crippen LogP contribution < -0.4 is 10.5 Å². The lowest BCUT2D eigenvalue weighted by atomic mass is 10.1. The topological polar surface area (TPSA) is 44.5 Å². The van der Waals surface area contributed by atoms with E-state index in [-0.39, 0.29) is 12.4 Å². The Morgan fingerprint density at radius 3 is 3.10 bits per heavy atom. The average Bonchev–Trinajstić information content (AvgIpc) is 2.96. The molecule has 0 saturated carbocycles. The molecule has 1 heterocycles. The van der Waals surface area contributed by atoms with E-state index >= 15 is 0 Å². The first-order valence-electron chi connectivity index (χ1n) is 7.02. The molecule has 1 aromatic carbocycles. The molecule has 20 heavy (non-hydrogen) atoms. The summed E-state index contributed by atoms with van der Waals surface area (Å²) in [5, 5.41) is 0. The van der Waals surface area contributed by atoms with Gasteiger partial charge in [-0.05, 0) is 37.8 Å². The van der Waals surface area contributed by atoms with Crippen LogP contribution in [0.25, 0.3) is 0 Å². The van der Waals surface area contributed by atoms with Gasteiger partial charge < -0.3 is 15.2 Å². The van der Waals surface area contributed by atoms with E-state index in [0.717, 1.165) is 32.3 Å². The molecular weight excluding hydrogens is 257 g/mol. The van der Waals surface area contributed by atoms with Crippen molar-refractivity contribution in [2.75, 3.05) is 19.8 Å². The zero-order valence-electron chi connectivity index (χ0n) is 11.5. The summed E-state index contributed by atoms with van der Waals surface area (Å²) in [5.74, 6) is 5.81. The summed E-state index contributed by atoms with van der Waals surface area (Å²) in [6.45, 7) is 1.69. The van der Waals surface area contributed by atoms with E-state index in [9.17, 15) is 4.39 Å². The lowest BCUT2D eigenvalue weighted by Crippen LogP contribution is -2.08. The highest BCUT2D eigenvalue weighted by molar-refractivity contribution is 5.46. The Labute approximate surface area is 119 Å². The van der Waals surface area contributed by atoms with Crippen LogP contribution in [0.3, 0.4) is 0 Å². The molecule has 1 aliphatic rings. The van der Waals surface area contributed by atoms with Gasteiger partial charge >= 0.3 is 0 Å². The molecule has 0 spiro atoms. The number of nitrogens with two attached hydrogens (primary N) is 1. The molecule has 2 N–H and O–H groups in total. The second-order valence-electron chi connectivity index (χ2n) is 4.77. The standard InChI is InChI=1S/C16H20FNO2/c17-14-8-7-13(4-1-9-18)16(12-14)20-11-3-6-15-5-2-10-19-15/h7-8,12,15H,2-3,5-6,9-11,18H2. The number of ether oxygens (including phenoxy) is 2. The molecular formula is C16H20FNO2. The highest BCUT2D eigenvalue weighted by Gasteiger charge is 2.14. The van der Waals surface area contributed by atoms with Crippen molar-refractivity contribution in [3.63, 3.8) is 0 Å². The fourth-order valence-electron chi connectivity index (χ4n) is 2.23. The number of halogens is 1. The molecule has 2 rings (SSSR count). The van der Waals surface area contributed by atoms with Gasteiger partial charge in [0.05, 0.1) is 24.8 Å². The summed E-state index contributed by atoms with van der Waals surface area (Å²) in [7, 11) is 0. The van der Waals surface area contributed by atoms with Crippen molar-refractivity contribution in [1.82, 2.24) is 0 Å². The van der Waals surface area contributed by atoms with Crippen LogP contribution in [0, 0.1) is 17.7 Å². The van der Waals surface area contributed by atoms with Crippen LogP contribution in [0.15, 0.2) is 18.2 Å². The van der Waals surface area contributed by atoms with Gasteiger partial charge in [0.2, 0.25) is 0 Å². The minimum Gasteiger partial charge on any atom is -0.492 e. The Balaban J connectivity index is 1.85. The van der Waals surface area contributed by atoms with Gasteiger partial charge in [-0.15, -0.1) is 0 Å². The average molecular weight is 277 g/mol. The van der Waals surface area contributed by atoms with Gasteiger partial charge in [0.15, 0.2) is 0 Å². The maximum Gasteiger partial charge on any atom is 0.137 e. The van der Waals surface area contributed by atoms with Crippen molar-refractivity contribution in [1.29, 1.82) is 0 Å². The van der Waals surface area contributed by atoms with E-state index in [4.69, 9.17) is 15.2 Å². The van der Waals surface area contributed by atoms with Crippen molar-refractivity contribution in [3.05, 3.63) is 29.6 Å². The van der Waals surface area contributed by atoms with Gasteiger partial charge in [-0.1, -0.05) is 11.8 Å². The first kappa shape index (κ1) is 14.8. The minimum absolute atomic E-state index is 0.274. The zero-order chi connectivity index (χ0) is 14.2. The third-order valence-corrected chi connectivity index (χ3v) is 3.22. The van der Waals surface area contributed by atoms with Gasteiger partial charge in [-0.25, -0.2) is 4.39 Å². The molecule has 3 nitrogen and oxygen atoms in total. The normalized spacial score (nSPS) is 17.6. The molecule has 0 aromatic heterocycles. The number of hydrogen-bond donors (Lipinski definition) is 1. The fourth-order valence-corrected chi connectivity index (χ4v) is 2.23. The maximum atomic E-state index is 13.3. The smallest absolute Gasteiger partial charge is 0.137 e. The highest BCUT2D eigenvalue weighted by Crippen LogP contribution is 2.21. The second-order valence-corrected chi connectivity index (χ2v) is 4.77. The van der Waals surface area contributed by atoms with Crippen molar-refractivity contribution < 1.29 is 13.9 Å². The SMILES string of the molecule is NCC#Cc1ccc(F)cc1OCCCC1CCCO1. The lowest BCUT2D eigenvalue weighted by molar-refractivity contribution is 0.0981. The molecule has 1 saturated heterocycles. The van der Waals surface area contributed by atoms with E-state index < -0.39 is 0 Å². The van der Waals surface area contributed by atoms with Crippen LogP contribution in [-0.2, 0) is 4.74 Å². The second kappa shape index (κ2) is 7.88. The third-order valence-electron chi connectivity index (χ3n) is 3.22. The van der Waals surface area contributed by atoms with Gasteiger partial charge in [0.1, 0.15) is 11.6 Å². The molecule has 4 heteroatoms. The fraction of sp³-hybridized carbons (Fsp3) is 0.500. The zero-order valence-corrected chi connectivity index (χ0v) is 11.5. The molecule has 1 unspecified atom stereocenters. The van der Waals surface area contributed by atoms with E-state index in [0.29, 0.717) is 24.0 Å². The summed E-state index contributed by atoms with van der Waals surface area (Å²) in [4.78, 5) is 0. The molecule has 0 amide bonds. The van der Waals surface area contributed by atoms with Crippen LogP contribution in [-0.4, -0.2) is 25.9 Å². The monoisotopic (exact) mass is 277 g/mol. The van der Waals surface area contributed by atoms with Crippen molar-refractivity contribution >= 4 is 0 Å². The summed E-state index contributed by atoms with van der Waals surface area (Å²) >= 11 is 0. The summed E-state index contributed by atoms with van der Waals surface area (Å²) in [6, 6.07) is 4.36. The Kier molecular flexibility index (Phi) is 5.85. The van der Waals surface area contributed by atoms with Gasteiger partial charge in [0, 0.05) is 12.7 Å². The van der Waals surface area contributed by atoms with E-state index in [1.807, 2.05) is 0 Å². The Morgan fingerprint density at radius 1 is 1.45 bits per heavy atom. The molecule has 108 valence electrons. The quantitative estimate of drug-likeness (QED) is 0.664. The van der Waals surface area contributed by atoms with Crippen molar-refractivity contribution in [3.8, 4) is 17.6 Å². The summed E-state index contributed by atoms with van der Waals surface area (Å²) in [6.07, 6.45) is 4.52. The number of benzene rings is 1. The van der Waals surface area contributed by atoms with Crippen molar-refractivity contribution in [2.45, 2.75) is 31.8 Å². The van der Waals surface area contributed by atoms with Crippen LogP contribution in [0.5, 0.6) is 5.75 Å². The predicted octanol–water partition coefficient (Wildman–Crippen LogP) is 2.47. The van der Waals surface area contributed by atoms with E-state index in [1.165, 1.54) is 12.1 Å². The first-order chi connectivity index (χ1) is 9.79. The molecule has 1 atom stereocenters. The molecule has 1 aromatic rings. The van der Waals surface area contributed by atoms with Crippen LogP contribution >= 0.6 is 0 Å². The van der Waals surface area contributed by atoms with Crippen LogP contribution in [0.4, 0.5) is 4.39 Å². The summed E-state index contributed by atoms with van der Waals surface area (Å²) < 4.78 is 24.4. The molecule has 0 aliphatic carbocycles. The Bertz CT molecular complexity index is 487. The lowest BCUT2D eigenvalue weighted by Gasteiger charge is -2.11. The molecule has 1 fully saturated rings. The van der Waals surface area contributed by atoms with Crippen LogP contribution in [0.1, 0.15) is 31.2 Å². The Morgan fingerprint density at radius 2 is 2.35 bits per heavy atom. The molecule has 0 radical (unpaired) electrons. The van der Waals surface area contributed by atoms with Gasteiger partial charge in [-0.3, -0.25) is 0 Å². The minimum atomic E-state index is -0.322.